The maximum Gasteiger partial charge on any atom is 0.287 e. The predicted molar refractivity (Wildman–Crippen MR) is 84.5 cm³/mol. The number of sulfonamides is 1. The van der Waals surface area contributed by atoms with Crippen LogP contribution in [-0.2, 0) is 16.4 Å². The maximum absolute atomic E-state index is 12.3. The molecule has 1 aliphatic carbocycles. The number of hydrogen-bond donors (Lipinski definition) is 2. The van der Waals surface area contributed by atoms with Gasteiger partial charge in [-0.3, -0.25) is 4.79 Å². The molecule has 1 aromatic heterocycles. The fourth-order valence-electron chi connectivity index (χ4n) is 2.82. The zero-order valence-electron chi connectivity index (χ0n) is 12.7. The first kappa shape index (κ1) is 15.8. The molecular formula is C16H18N2O4S. The van der Waals surface area contributed by atoms with Crippen LogP contribution in [-0.4, -0.2) is 21.4 Å². The first-order valence-electron chi connectivity index (χ1n) is 7.43. The summed E-state index contributed by atoms with van der Waals surface area (Å²) >= 11 is 0. The van der Waals surface area contributed by atoms with Gasteiger partial charge in [0.15, 0.2) is 5.76 Å². The van der Waals surface area contributed by atoms with Crippen LogP contribution in [0.3, 0.4) is 0 Å². The molecule has 7 heteroatoms. The smallest absolute Gasteiger partial charge is 0.287 e. The van der Waals surface area contributed by atoms with E-state index in [4.69, 9.17) is 4.42 Å². The standard InChI is InChI=1S/C16H18N2O4S/c1-17-23(20,21)15-10-9-14(22-15)16(19)18-13-8-4-6-11-5-2-3-7-12(11)13/h2-3,5,7,9-10,13,17H,4,6,8H2,1H3,(H,18,19). The van der Waals surface area contributed by atoms with Gasteiger partial charge in [0, 0.05) is 0 Å². The second kappa shape index (κ2) is 6.17. The SMILES string of the molecule is CNS(=O)(=O)c1ccc(C(=O)NC2CCCc3ccccc32)o1. The molecule has 0 spiro atoms. The highest BCUT2D eigenvalue weighted by atomic mass is 32.2. The van der Waals surface area contributed by atoms with Crippen LogP contribution < -0.4 is 10.0 Å². The highest BCUT2D eigenvalue weighted by Crippen LogP contribution is 2.29. The van der Waals surface area contributed by atoms with Gasteiger partial charge in [-0.1, -0.05) is 24.3 Å². The summed E-state index contributed by atoms with van der Waals surface area (Å²) < 4.78 is 30.6. The van der Waals surface area contributed by atoms with Crippen molar-refractivity contribution in [2.24, 2.45) is 0 Å². The summed E-state index contributed by atoms with van der Waals surface area (Å²) in [7, 11) is -2.40. The van der Waals surface area contributed by atoms with Crippen LogP contribution in [0.5, 0.6) is 0 Å². The first-order valence-corrected chi connectivity index (χ1v) is 8.91. The number of rotatable bonds is 4. The second-order valence-electron chi connectivity index (χ2n) is 5.44. The average Bonchev–Trinajstić information content (AvgIpc) is 3.06. The highest BCUT2D eigenvalue weighted by molar-refractivity contribution is 7.89. The van der Waals surface area contributed by atoms with Crippen molar-refractivity contribution in [3.05, 3.63) is 53.3 Å². The van der Waals surface area contributed by atoms with Crippen LogP contribution in [0.25, 0.3) is 0 Å². The van der Waals surface area contributed by atoms with E-state index >= 15 is 0 Å². The molecule has 0 bridgehead atoms. The Morgan fingerprint density at radius 2 is 2.00 bits per heavy atom. The van der Waals surface area contributed by atoms with Gasteiger partial charge >= 0.3 is 0 Å². The molecule has 1 unspecified atom stereocenters. The zero-order chi connectivity index (χ0) is 16.4. The van der Waals surface area contributed by atoms with Crippen molar-refractivity contribution in [1.29, 1.82) is 0 Å². The summed E-state index contributed by atoms with van der Waals surface area (Å²) in [6.07, 6.45) is 2.86. The average molecular weight is 334 g/mol. The van der Waals surface area contributed by atoms with Gasteiger partial charge < -0.3 is 9.73 Å². The van der Waals surface area contributed by atoms with Gasteiger partial charge in [0.2, 0.25) is 5.09 Å². The first-order chi connectivity index (χ1) is 11.0. The third kappa shape index (κ3) is 3.16. The summed E-state index contributed by atoms with van der Waals surface area (Å²) in [5, 5.41) is 2.66. The molecule has 23 heavy (non-hydrogen) atoms. The Bertz CT molecular complexity index is 826. The van der Waals surface area contributed by atoms with Crippen molar-refractivity contribution < 1.29 is 17.6 Å². The van der Waals surface area contributed by atoms with Crippen LogP contribution in [0.15, 0.2) is 45.9 Å². The number of nitrogens with one attached hydrogen (secondary N) is 2. The molecule has 1 atom stereocenters. The van der Waals surface area contributed by atoms with E-state index in [-0.39, 0.29) is 16.9 Å². The number of fused-ring (bicyclic) bond motifs is 1. The molecule has 0 aliphatic heterocycles. The van der Waals surface area contributed by atoms with Crippen molar-refractivity contribution in [1.82, 2.24) is 10.0 Å². The second-order valence-corrected chi connectivity index (χ2v) is 7.26. The number of hydrogen-bond acceptors (Lipinski definition) is 4. The van der Waals surface area contributed by atoms with Crippen molar-refractivity contribution in [2.45, 2.75) is 30.4 Å². The molecule has 3 rings (SSSR count). The Morgan fingerprint density at radius 1 is 1.22 bits per heavy atom. The van der Waals surface area contributed by atoms with Crippen LogP contribution in [0, 0.1) is 0 Å². The van der Waals surface area contributed by atoms with Gasteiger partial charge in [-0.2, -0.15) is 0 Å². The molecule has 122 valence electrons. The minimum Gasteiger partial charge on any atom is -0.438 e. The number of benzene rings is 1. The van der Waals surface area contributed by atoms with Gasteiger partial charge in [-0.05, 0) is 49.6 Å². The van der Waals surface area contributed by atoms with Crippen molar-refractivity contribution in [2.75, 3.05) is 7.05 Å². The largest absolute Gasteiger partial charge is 0.438 e. The monoisotopic (exact) mass is 334 g/mol. The third-order valence-corrected chi connectivity index (χ3v) is 5.30. The van der Waals surface area contributed by atoms with Gasteiger partial charge in [0.05, 0.1) is 6.04 Å². The molecular weight excluding hydrogens is 316 g/mol. The van der Waals surface area contributed by atoms with E-state index in [1.54, 1.807) is 0 Å². The number of aryl methyl sites for hydroxylation is 1. The number of carbonyl (C=O) groups excluding carboxylic acids is 1. The Morgan fingerprint density at radius 3 is 2.78 bits per heavy atom. The Hall–Kier alpha value is -2.12. The molecule has 1 aromatic carbocycles. The van der Waals surface area contributed by atoms with Crippen molar-refractivity contribution in [3.63, 3.8) is 0 Å². The lowest BCUT2D eigenvalue weighted by Gasteiger charge is -2.25. The van der Waals surface area contributed by atoms with Crippen LogP contribution in [0.2, 0.25) is 0 Å². The minimum absolute atomic E-state index is 0.0121. The summed E-state index contributed by atoms with van der Waals surface area (Å²) in [5.41, 5.74) is 2.35. The van der Waals surface area contributed by atoms with E-state index < -0.39 is 15.9 Å². The van der Waals surface area contributed by atoms with Gasteiger partial charge in [0.1, 0.15) is 0 Å². The van der Waals surface area contributed by atoms with Gasteiger partial charge in [0.25, 0.3) is 15.9 Å². The number of amides is 1. The Labute approximate surface area is 134 Å². The lowest BCUT2D eigenvalue weighted by molar-refractivity contribution is 0.0899. The van der Waals surface area contributed by atoms with Crippen molar-refractivity contribution >= 4 is 15.9 Å². The normalized spacial score (nSPS) is 17.5. The van der Waals surface area contributed by atoms with Crippen molar-refractivity contribution in [3.8, 4) is 0 Å². The van der Waals surface area contributed by atoms with E-state index in [1.807, 2.05) is 18.2 Å². The minimum atomic E-state index is -3.69. The van der Waals surface area contributed by atoms with Crippen LogP contribution in [0.4, 0.5) is 0 Å². The zero-order valence-corrected chi connectivity index (χ0v) is 13.5. The lowest BCUT2D eigenvalue weighted by atomic mass is 9.88. The third-order valence-electron chi connectivity index (χ3n) is 4.01. The predicted octanol–water partition coefficient (Wildman–Crippen LogP) is 2.00. The Balaban J connectivity index is 1.79. The summed E-state index contributed by atoms with van der Waals surface area (Å²) in [5.74, 6) is -0.425. The van der Waals surface area contributed by atoms with Gasteiger partial charge in [-0.15, -0.1) is 0 Å². The summed E-state index contributed by atoms with van der Waals surface area (Å²) in [4.78, 5) is 12.3. The van der Waals surface area contributed by atoms with E-state index in [2.05, 4.69) is 16.1 Å². The Kier molecular flexibility index (Phi) is 4.23. The lowest BCUT2D eigenvalue weighted by Crippen LogP contribution is -2.30. The highest BCUT2D eigenvalue weighted by Gasteiger charge is 2.24. The molecule has 1 amide bonds. The van der Waals surface area contributed by atoms with E-state index in [0.29, 0.717) is 0 Å². The number of furan rings is 1. The molecule has 0 radical (unpaired) electrons. The summed E-state index contributed by atoms with van der Waals surface area (Å²) in [6.45, 7) is 0. The molecule has 2 N–H and O–H groups in total. The number of carbonyl (C=O) groups is 1. The van der Waals surface area contributed by atoms with Gasteiger partial charge in [-0.25, -0.2) is 13.1 Å². The maximum atomic E-state index is 12.3. The quantitative estimate of drug-likeness (QED) is 0.895. The molecule has 6 nitrogen and oxygen atoms in total. The van der Waals surface area contributed by atoms with E-state index in [1.165, 1.54) is 24.7 Å². The molecule has 2 aromatic rings. The van der Waals surface area contributed by atoms with Crippen LogP contribution >= 0.6 is 0 Å². The topological polar surface area (TPSA) is 88.4 Å². The van der Waals surface area contributed by atoms with E-state index in [0.717, 1.165) is 24.8 Å². The van der Waals surface area contributed by atoms with E-state index in [9.17, 15) is 13.2 Å². The fraction of sp³-hybridized carbons (Fsp3) is 0.312. The molecule has 0 fully saturated rings. The molecule has 0 saturated heterocycles. The molecule has 1 aliphatic rings. The van der Waals surface area contributed by atoms with Crippen LogP contribution in [0.1, 0.15) is 40.6 Å². The summed E-state index contributed by atoms with van der Waals surface area (Å²) in [6, 6.07) is 10.6. The molecule has 1 heterocycles. The molecule has 0 saturated carbocycles. The fourth-order valence-corrected chi connectivity index (χ4v) is 3.47.